The van der Waals surface area contributed by atoms with Gasteiger partial charge in [-0.3, -0.25) is 14.3 Å². The maximum Gasteiger partial charge on any atom is 0.330 e. The van der Waals surface area contributed by atoms with Crippen LogP contribution in [0, 0.1) is 0 Å². The highest BCUT2D eigenvalue weighted by molar-refractivity contribution is 7.13. The number of nitrogen functional groups attached to an aromatic ring is 1. The fourth-order valence-corrected chi connectivity index (χ4v) is 4.56. The molecule has 3 N–H and O–H groups in total. The highest BCUT2D eigenvalue weighted by Gasteiger charge is 2.19. The molecule has 0 aliphatic heterocycles. The van der Waals surface area contributed by atoms with Crippen LogP contribution in [0.1, 0.15) is 30.7 Å². The maximum absolute atomic E-state index is 12.7. The van der Waals surface area contributed by atoms with Gasteiger partial charge in [-0.2, -0.15) is 0 Å². The van der Waals surface area contributed by atoms with E-state index in [1.807, 2.05) is 47.5 Å². The van der Waals surface area contributed by atoms with E-state index in [-0.39, 0.29) is 18.1 Å². The molecule has 33 heavy (non-hydrogen) atoms. The van der Waals surface area contributed by atoms with E-state index < -0.39 is 11.2 Å². The van der Waals surface area contributed by atoms with Crippen molar-refractivity contribution in [1.29, 1.82) is 0 Å². The van der Waals surface area contributed by atoms with Crippen LogP contribution in [0.4, 0.5) is 11.5 Å². The number of anilines is 2. The first-order valence-electron chi connectivity index (χ1n) is 10.9. The number of nitrogens with zero attached hydrogens (tertiary/aromatic N) is 3. The van der Waals surface area contributed by atoms with Crippen LogP contribution in [0.25, 0.3) is 10.6 Å². The number of aromatic amines is 1. The van der Waals surface area contributed by atoms with Crippen LogP contribution in [0.2, 0.25) is 0 Å². The van der Waals surface area contributed by atoms with Crippen LogP contribution >= 0.6 is 11.3 Å². The number of rotatable bonds is 8. The molecule has 2 aromatic carbocycles. The number of benzene rings is 2. The molecular formula is C25H27N5O2S. The molecule has 2 aromatic heterocycles. The topological polar surface area (TPSA) is 97.0 Å². The number of H-pyrrole nitrogens is 1. The number of nitrogens with two attached hydrogens (primary N) is 1. The van der Waals surface area contributed by atoms with Crippen molar-refractivity contribution >= 4 is 22.8 Å². The Morgan fingerprint density at radius 3 is 2.42 bits per heavy atom. The molecule has 0 bridgehead atoms. The summed E-state index contributed by atoms with van der Waals surface area (Å²) in [5, 5.41) is 2.93. The summed E-state index contributed by atoms with van der Waals surface area (Å²) in [6, 6.07) is 17.9. The number of thiazole rings is 1. The van der Waals surface area contributed by atoms with E-state index in [9.17, 15) is 9.59 Å². The molecule has 0 unspecified atom stereocenters. The first-order valence-corrected chi connectivity index (χ1v) is 11.8. The summed E-state index contributed by atoms with van der Waals surface area (Å²) >= 11 is 1.57. The molecule has 0 radical (unpaired) electrons. The molecule has 2 heterocycles. The third-order valence-corrected chi connectivity index (χ3v) is 6.55. The number of aryl methyl sites for hydroxylation is 1. The Labute approximate surface area is 196 Å². The Hall–Kier alpha value is -3.65. The zero-order valence-corrected chi connectivity index (χ0v) is 19.6. The number of nitrogens with one attached hydrogen (secondary N) is 1. The Morgan fingerprint density at radius 1 is 1.03 bits per heavy atom. The van der Waals surface area contributed by atoms with E-state index in [2.05, 4.69) is 36.2 Å². The molecule has 0 amide bonds. The summed E-state index contributed by atoms with van der Waals surface area (Å²) in [5.41, 5.74) is 9.77. The van der Waals surface area contributed by atoms with Crippen LogP contribution in [-0.4, -0.2) is 21.1 Å². The van der Waals surface area contributed by atoms with Crippen LogP contribution < -0.4 is 21.9 Å². The predicted molar refractivity (Wildman–Crippen MR) is 135 cm³/mol. The summed E-state index contributed by atoms with van der Waals surface area (Å²) in [4.78, 5) is 34.3. The Balaban J connectivity index is 1.62. The summed E-state index contributed by atoms with van der Waals surface area (Å²) < 4.78 is 1.40. The Kier molecular flexibility index (Phi) is 6.74. The van der Waals surface area contributed by atoms with E-state index in [0.29, 0.717) is 13.1 Å². The second kappa shape index (κ2) is 9.87. The highest BCUT2D eigenvalue weighted by Crippen LogP contribution is 2.26. The van der Waals surface area contributed by atoms with Crippen molar-refractivity contribution in [2.45, 2.75) is 33.4 Å². The van der Waals surface area contributed by atoms with Crippen molar-refractivity contribution in [3.05, 3.63) is 97.6 Å². The van der Waals surface area contributed by atoms with Gasteiger partial charge in [-0.15, -0.1) is 11.3 Å². The summed E-state index contributed by atoms with van der Waals surface area (Å²) in [7, 11) is 0. The molecule has 0 fully saturated rings. The first-order chi connectivity index (χ1) is 16.0. The van der Waals surface area contributed by atoms with Gasteiger partial charge in [0, 0.05) is 17.5 Å². The predicted octanol–water partition coefficient (Wildman–Crippen LogP) is 3.88. The zero-order chi connectivity index (χ0) is 23.4. The average Bonchev–Trinajstić information content (AvgIpc) is 3.30. The van der Waals surface area contributed by atoms with E-state index in [1.54, 1.807) is 11.3 Å². The number of hydrogen-bond acceptors (Lipinski definition) is 6. The third kappa shape index (κ3) is 4.90. The normalized spacial score (nSPS) is 11.0. The number of aromatic nitrogens is 3. The first kappa shape index (κ1) is 22.5. The van der Waals surface area contributed by atoms with Crippen molar-refractivity contribution in [2.24, 2.45) is 0 Å². The van der Waals surface area contributed by atoms with Gasteiger partial charge in [-0.25, -0.2) is 9.78 Å². The second-order valence-corrected chi connectivity index (χ2v) is 8.63. The lowest BCUT2D eigenvalue weighted by Gasteiger charge is -2.24. The van der Waals surface area contributed by atoms with Crippen LogP contribution in [0.15, 0.2) is 69.6 Å². The molecule has 7 nitrogen and oxygen atoms in total. The largest absolute Gasteiger partial charge is 0.383 e. The summed E-state index contributed by atoms with van der Waals surface area (Å²) in [6.07, 6.45) is 0.997. The molecule has 8 heteroatoms. The van der Waals surface area contributed by atoms with Gasteiger partial charge in [0.25, 0.3) is 5.56 Å². The van der Waals surface area contributed by atoms with E-state index in [0.717, 1.165) is 28.2 Å². The highest BCUT2D eigenvalue weighted by atomic mass is 32.1. The fourth-order valence-electron chi connectivity index (χ4n) is 3.75. The quantitative estimate of drug-likeness (QED) is 0.415. The van der Waals surface area contributed by atoms with E-state index >= 15 is 0 Å². The van der Waals surface area contributed by atoms with Gasteiger partial charge in [0.2, 0.25) is 0 Å². The van der Waals surface area contributed by atoms with Crippen molar-refractivity contribution in [3.8, 4) is 10.6 Å². The molecular weight excluding hydrogens is 434 g/mol. The minimum atomic E-state index is -0.521. The zero-order valence-electron chi connectivity index (χ0n) is 18.7. The van der Waals surface area contributed by atoms with Gasteiger partial charge in [-0.05, 0) is 24.5 Å². The van der Waals surface area contributed by atoms with Crippen molar-refractivity contribution in [3.63, 3.8) is 0 Å². The van der Waals surface area contributed by atoms with E-state index in [1.165, 1.54) is 10.1 Å². The van der Waals surface area contributed by atoms with Crippen molar-refractivity contribution < 1.29 is 0 Å². The monoisotopic (exact) mass is 461 g/mol. The van der Waals surface area contributed by atoms with Crippen LogP contribution in [0.5, 0.6) is 0 Å². The van der Waals surface area contributed by atoms with Gasteiger partial charge in [0.15, 0.2) is 0 Å². The Morgan fingerprint density at radius 2 is 1.76 bits per heavy atom. The van der Waals surface area contributed by atoms with Crippen LogP contribution in [0.3, 0.4) is 0 Å². The lowest BCUT2D eigenvalue weighted by Crippen LogP contribution is -2.38. The van der Waals surface area contributed by atoms with Gasteiger partial charge >= 0.3 is 5.69 Å². The maximum atomic E-state index is 12.7. The van der Waals surface area contributed by atoms with Crippen LogP contribution in [-0.2, 0) is 19.5 Å². The van der Waals surface area contributed by atoms with Gasteiger partial charge in [0.05, 0.1) is 18.8 Å². The molecule has 4 rings (SSSR count). The molecule has 0 spiro atoms. The standard InChI is InChI=1S/C25H27N5O2S/c1-3-17-10-12-19(13-11-17)24-27-20(16-33-24)15-29(4-2)21-22(26)30(25(32)28-23(21)31)14-18-8-6-5-7-9-18/h5-13,16H,3-4,14-15,26H2,1-2H3,(H,28,31,32). The SMILES string of the molecule is CCc1ccc(-c2nc(CN(CC)c3c(N)n(Cc4ccccc4)c(=O)[nH]c3=O)cs2)cc1. The molecule has 4 aromatic rings. The van der Waals surface area contributed by atoms with Gasteiger partial charge < -0.3 is 10.6 Å². The molecule has 0 aliphatic rings. The summed E-state index contributed by atoms with van der Waals surface area (Å²) in [6.45, 7) is 5.31. The Bertz CT molecular complexity index is 1340. The molecule has 0 atom stereocenters. The van der Waals surface area contributed by atoms with Crippen molar-refractivity contribution in [2.75, 3.05) is 17.2 Å². The fraction of sp³-hybridized carbons (Fsp3) is 0.240. The van der Waals surface area contributed by atoms with Crippen molar-refractivity contribution in [1.82, 2.24) is 14.5 Å². The third-order valence-electron chi connectivity index (χ3n) is 5.61. The second-order valence-electron chi connectivity index (χ2n) is 7.77. The smallest absolute Gasteiger partial charge is 0.330 e. The minimum absolute atomic E-state index is 0.153. The summed E-state index contributed by atoms with van der Waals surface area (Å²) in [5.74, 6) is 0.153. The lowest BCUT2D eigenvalue weighted by molar-refractivity contribution is 0.716. The van der Waals surface area contributed by atoms with Gasteiger partial charge in [0.1, 0.15) is 16.5 Å². The molecule has 0 saturated heterocycles. The average molecular weight is 462 g/mol. The molecule has 0 saturated carbocycles. The molecule has 170 valence electrons. The molecule has 0 aliphatic carbocycles. The minimum Gasteiger partial charge on any atom is -0.383 e. The van der Waals surface area contributed by atoms with Gasteiger partial charge in [-0.1, -0.05) is 61.5 Å². The van der Waals surface area contributed by atoms with E-state index in [4.69, 9.17) is 10.7 Å². The number of hydrogen-bond donors (Lipinski definition) is 2. The lowest BCUT2D eigenvalue weighted by atomic mass is 10.1.